The van der Waals surface area contributed by atoms with Crippen LogP contribution in [0.5, 0.6) is 0 Å². The molecule has 0 unspecified atom stereocenters. The first-order valence-corrected chi connectivity index (χ1v) is 9.25. The molecule has 8 nitrogen and oxygen atoms in total. The minimum absolute atomic E-state index is 0.201. The summed E-state index contributed by atoms with van der Waals surface area (Å²) in [6.45, 7) is 0.601. The van der Waals surface area contributed by atoms with E-state index in [2.05, 4.69) is 16.0 Å². The Bertz CT molecular complexity index is 814. The maximum absolute atomic E-state index is 12.5. The summed E-state index contributed by atoms with van der Waals surface area (Å²) in [4.78, 5) is 47.5. The molecule has 2 aromatic rings. The lowest BCUT2D eigenvalue weighted by Crippen LogP contribution is -2.37. The second kappa shape index (κ2) is 9.11. The normalized spacial score (nSPS) is 10.1. The lowest BCUT2D eigenvalue weighted by Gasteiger charge is -2.08. The van der Waals surface area contributed by atoms with Gasteiger partial charge in [-0.05, 0) is 11.4 Å². The maximum atomic E-state index is 12.5. The molecule has 0 aromatic carbocycles. The summed E-state index contributed by atoms with van der Waals surface area (Å²) in [6.07, 6.45) is 0. The van der Waals surface area contributed by atoms with Gasteiger partial charge in [-0.3, -0.25) is 14.4 Å². The van der Waals surface area contributed by atoms with Crippen LogP contribution in [0.2, 0.25) is 0 Å². The lowest BCUT2D eigenvalue weighted by atomic mass is 10.1. The number of carbonyl (C=O) groups is 4. The van der Waals surface area contributed by atoms with E-state index in [4.69, 9.17) is 4.74 Å². The number of carbonyl (C=O) groups excluding carboxylic acids is 4. The smallest absolute Gasteiger partial charge is 0.342 e. The van der Waals surface area contributed by atoms with Crippen LogP contribution < -0.4 is 16.0 Å². The fourth-order valence-electron chi connectivity index (χ4n) is 1.95. The van der Waals surface area contributed by atoms with E-state index in [9.17, 15) is 19.2 Å². The number of thiophene rings is 2. The minimum atomic E-state index is -0.728. The van der Waals surface area contributed by atoms with Crippen molar-refractivity contribution >= 4 is 51.4 Å². The van der Waals surface area contributed by atoms with Crippen LogP contribution in [0, 0.1) is 0 Å². The van der Waals surface area contributed by atoms with E-state index in [1.807, 2.05) is 17.5 Å². The van der Waals surface area contributed by atoms with Crippen LogP contribution in [0.25, 0.3) is 10.4 Å². The fraction of sp³-hybridized carbons (Fsp3) is 0.250. The molecule has 0 fully saturated rings. The fourth-order valence-corrected chi connectivity index (χ4v) is 3.76. The van der Waals surface area contributed by atoms with Gasteiger partial charge in [0.25, 0.3) is 5.91 Å². The molecule has 138 valence electrons. The zero-order chi connectivity index (χ0) is 19.1. The first kappa shape index (κ1) is 19.6. The number of rotatable bonds is 7. The standard InChI is InChI=1S/C16H17N3O5S2/c1-9(20)19-15-14(10(8-26-15)11-4-3-5-25-11)16(23)24-7-13(22)18-6-12(21)17-2/h3-5,8H,6-7H2,1-2H3,(H,17,21)(H,18,22)(H,19,20). The van der Waals surface area contributed by atoms with Gasteiger partial charge >= 0.3 is 5.97 Å². The summed E-state index contributed by atoms with van der Waals surface area (Å²) >= 11 is 2.64. The van der Waals surface area contributed by atoms with Gasteiger partial charge in [0.15, 0.2) is 6.61 Å². The molecular weight excluding hydrogens is 378 g/mol. The van der Waals surface area contributed by atoms with Crippen LogP contribution in [0.15, 0.2) is 22.9 Å². The van der Waals surface area contributed by atoms with E-state index < -0.39 is 18.5 Å². The van der Waals surface area contributed by atoms with Crippen molar-refractivity contribution < 1.29 is 23.9 Å². The summed E-state index contributed by atoms with van der Waals surface area (Å²) in [5.41, 5.74) is 0.830. The number of nitrogens with one attached hydrogen (secondary N) is 3. The number of ether oxygens (including phenoxy) is 1. The van der Waals surface area contributed by atoms with Crippen molar-refractivity contribution in [1.82, 2.24) is 10.6 Å². The van der Waals surface area contributed by atoms with Crippen molar-refractivity contribution in [3.8, 4) is 10.4 Å². The Morgan fingerprint density at radius 2 is 1.92 bits per heavy atom. The van der Waals surface area contributed by atoms with Crippen molar-refractivity contribution in [1.29, 1.82) is 0 Å². The molecule has 0 spiro atoms. The van der Waals surface area contributed by atoms with E-state index in [-0.39, 0.29) is 23.9 Å². The molecular formula is C16H17N3O5S2. The quantitative estimate of drug-likeness (QED) is 0.614. The number of likely N-dealkylation sites (N-methyl/N-ethyl adjacent to an activating group) is 1. The predicted octanol–water partition coefficient (Wildman–Crippen LogP) is 1.45. The molecule has 2 rings (SSSR count). The Morgan fingerprint density at radius 3 is 2.54 bits per heavy atom. The van der Waals surface area contributed by atoms with Gasteiger partial charge in [0.1, 0.15) is 10.6 Å². The summed E-state index contributed by atoms with van der Waals surface area (Å²) in [6, 6.07) is 3.69. The molecule has 26 heavy (non-hydrogen) atoms. The van der Waals surface area contributed by atoms with Crippen LogP contribution in [0.4, 0.5) is 5.00 Å². The zero-order valence-electron chi connectivity index (χ0n) is 14.1. The Balaban J connectivity index is 2.11. The lowest BCUT2D eigenvalue weighted by molar-refractivity contribution is -0.127. The summed E-state index contributed by atoms with van der Waals surface area (Å²) in [7, 11) is 1.45. The number of amides is 3. The van der Waals surface area contributed by atoms with Gasteiger partial charge in [-0.1, -0.05) is 6.07 Å². The van der Waals surface area contributed by atoms with Gasteiger partial charge in [0.2, 0.25) is 11.8 Å². The van der Waals surface area contributed by atoms with Gasteiger partial charge in [-0.2, -0.15) is 0 Å². The zero-order valence-corrected chi connectivity index (χ0v) is 15.7. The summed E-state index contributed by atoms with van der Waals surface area (Å²) in [5.74, 6) is -2.01. The Kier molecular flexibility index (Phi) is 6.87. The Morgan fingerprint density at radius 1 is 1.15 bits per heavy atom. The number of hydrogen-bond donors (Lipinski definition) is 3. The molecule has 3 amide bonds. The molecule has 0 aliphatic rings. The van der Waals surface area contributed by atoms with Gasteiger partial charge in [0, 0.05) is 29.8 Å². The molecule has 3 N–H and O–H groups in total. The van der Waals surface area contributed by atoms with Crippen LogP contribution in [0.1, 0.15) is 17.3 Å². The topological polar surface area (TPSA) is 114 Å². The number of anilines is 1. The maximum Gasteiger partial charge on any atom is 0.342 e. The molecule has 10 heteroatoms. The van der Waals surface area contributed by atoms with Crippen molar-refractivity contribution in [3.05, 3.63) is 28.5 Å². The van der Waals surface area contributed by atoms with Crippen LogP contribution in [0.3, 0.4) is 0 Å². The largest absolute Gasteiger partial charge is 0.452 e. The average Bonchev–Trinajstić information content (AvgIpc) is 3.26. The third-order valence-corrected chi connectivity index (χ3v) is 4.93. The Hall–Kier alpha value is -2.72. The minimum Gasteiger partial charge on any atom is -0.452 e. The van der Waals surface area contributed by atoms with Gasteiger partial charge in [-0.25, -0.2) is 4.79 Å². The summed E-state index contributed by atoms with van der Waals surface area (Å²) < 4.78 is 5.05. The second-order valence-electron chi connectivity index (χ2n) is 5.04. The van der Waals surface area contributed by atoms with Crippen molar-refractivity contribution in [2.45, 2.75) is 6.92 Å². The van der Waals surface area contributed by atoms with Gasteiger partial charge in [0.05, 0.1) is 6.54 Å². The molecule has 0 saturated carbocycles. The van der Waals surface area contributed by atoms with Crippen LogP contribution in [-0.4, -0.2) is 43.9 Å². The van der Waals surface area contributed by atoms with E-state index in [0.717, 1.165) is 4.88 Å². The molecule has 0 atom stereocenters. The highest BCUT2D eigenvalue weighted by Crippen LogP contribution is 2.38. The SMILES string of the molecule is CNC(=O)CNC(=O)COC(=O)c1c(-c2cccs2)csc1NC(C)=O. The van der Waals surface area contributed by atoms with Crippen LogP contribution >= 0.6 is 22.7 Å². The monoisotopic (exact) mass is 395 g/mol. The highest BCUT2D eigenvalue weighted by molar-refractivity contribution is 7.17. The second-order valence-corrected chi connectivity index (χ2v) is 6.87. The molecule has 2 heterocycles. The molecule has 0 bridgehead atoms. The van der Waals surface area contributed by atoms with E-state index >= 15 is 0 Å². The average molecular weight is 395 g/mol. The molecule has 0 saturated heterocycles. The van der Waals surface area contributed by atoms with E-state index in [1.165, 1.54) is 36.6 Å². The third kappa shape index (κ3) is 5.14. The summed E-state index contributed by atoms with van der Waals surface area (Å²) in [5, 5.41) is 11.3. The third-order valence-electron chi connectivity index (χ3n) is 3.13. The Labute approximate surface area is 157 Å². The van der Waals surface area contributed by atoms with Crippen LogP contribution in [-0.2, 0) is 19.1 Å². The van der Waals surface area contributed by atoms with Crippen molar-refractivity contribution in [3.63, 3.8) is 0 Å². The highest BCUT2D eigenvalue weighted by atomic mass is 32.1. The van der Waals surface area contributed by atoms with E-state index in [1.54, 1.807) is 5.38 Å². The predicted molar refractivity (Wildman–Crippen MR) is 99.3 cm³/mol. The molecule has 0 aliphatic carbocycles. The van der Waals surface area contributed by atoms with Crippen molar-refractivity contribution in [2.75, 3.05) is 25.5 Å². The number of hydrogen-bond acceptors (Lipinski definition) is 7. The van der Waals surface area contributed by atoms with Gasteiger partial charge < -0.3 is 20.7 Å². The van der Waals surface area contributed by atoms with Crippen molar-refractivity contribution in [2.24, 2.45) is 0 Å². The molecule has 0 aliphatic heterocycles. The first-order chi connectivity index (χ1) is 12.4. The molecule has 0 radical (unpaired) electrons. The van der Waals surface area contributed by atoms with E-state index in [0.29, 0.717) is 10.6 Å². The first-order valence-electron chi connectivity index (χ1n) is 7.49. The number of esters is 1. The van der Waals surface area contributed by atoms with Gasteiger partial charge in [-0.15, -0.1) is 22.7 Å². The molecule has 2 aromatic heterocycles. The highest BCUT2D eigenvalue weighted by Gasteiger charge is 2.23.